The Morgan fingerprint density at radius 3 is 2.57 bits per heavy atom. The molecule has 110 valence electrons. The van der Waals surface area contributed by atoms with E-state index in [-0.39, 0.29) is 18.3 Å². The van der Waals surface area contributed by atoms with E-state index in [1.807, 2.05) is 12.1 Å². The average molecular weight is 289 g/mol. The van der Waals surface area contributed by atoms with Crippen LogP contribution in [-0.4, -0.2) is 28.6 Å². The summed E-state index contributed by atoms with van der Waals surface area (Å²) in [6.07, 6.45) is 4.11. The van der Waals surface area contributed by atoms with Crippen molar-refractivity contribution in [1.82, 2.24) is 15.6 Å². The van der Waals surface area contributed by atoms with Crippen molar-refractivity contribution >= 4 is 12.0 Å². The number of carbonyl (C=O) groups excluding carboxylic acids is 1. The lowest BCUT2D eigenvalue weighted by Crippen LogP contribution is -2.36. The Kier molecular flexibility index (Phi) is 4.92. The van der Waals surface area contributed by atoms with E-state index >= 15 is 0 Å². The summed E-state index contributed by atoms with van der Waals surface area (Å²) in [6.45, 7) is 0.628. The fraction of sp³-hybridized carbons (Fsp3) is 0.214. The second-order valence-corrected chi connectivity index (χ2v) is 4.29. The minimum absolute atomic E-state index is 0.133. The topological polar surface area (TPSA) is 104 Å². The number of carbonyl (C=O) groups is 2. The van der Waals surface area contributed by atoms with E-state index in [9.17, 15) is 9.59 Å². The van der Waals surface area contributed by atoms with Gasteiger partial charge >= 0.3 is 12.0 Å². The van der Waals surface area contributed by atoms with Crippen molar-refractivity contribution in [2.75, 3.05) is 6.54 Å². The van der Waals surface area contributed by atoms with Gasteiger partial charge in [0.1, 0.15) is 5.76 Å². The zero-order valence-corrected chi connectivity index (χ0v) is 11.2. The van der Waals surface area contributed by atoms with Gasteiger partial charge < -0.3 is 20.2 Å². The average Bonchev–Trinajstić information content (AvgIpc) is 2.95. The zero-order valence-electron chi connectivity index (χ0n) is 11.2. The Hall–Kier alpha value is -2.83. The summed E-state index contributed by atoms with van der Waals surface area (Å²) in [5.41, 5.74) is 1.09. The number of nitrogens with one attached hydrogen (secondary N) is 2. The number of carboxylic acid groups (broad SMARTS) is 1. The van der Waals surface area contributed by atoms with Crippen molar-refractivity contribution in [3.05, 3.63) is 53.7 Å². The van der Waals surface area contributed by atoms with Crippen LogP contribution in [0.3, 0.4) is 0 Å². The van der Waals surface area contributed by atoms with Crippen molar-refractivity contribution in [3.8, 4) is 0 Å². The fourth-order valence-corrected chi connectivity index (χ4v) is 1.69. The van der Waals surface area contributed by atoms with E-state index in [2.05, 4.69) is 15.6 Å². The number of furan rings is 1. The summed E-state index contributed by atoms with van der Waals surface area (Å²) in [6, 6.07) is 6.30. The maximum absolute atomic E-state index is 11.6. The number of hydrogen-bond acceptors (Lipinski definition) is 4. The molecule has 21 heavy (non-hydrogen) atoms. The summed E-state index contributed by atoms with van der Waals surface area (Å²) >= 11 is 0. The first-order chi connectivity index (χ1) is 10.1. The number of amides is 2. The minimum Gasteiger partial charge on any atom is -0.475 e. The van der Waals surface area contributed by atoms with E-state index in [1.165, 1.54) is 12.1 Å². The molecule has 0 saturated carbocycles. The summed E-state index contributed by atoms with van der Waals surface area (Å²) in [4.78, 5) is 26.1. The monoisotopic (exact) mass is 289 g/mol. The molecular weight excluding hydrogens is 274 g/mol. The third-order valence-corrected chi connectivity index (χ3v) is 2.74. The molecule has 2 aromatic rings. The number of rotatable bonds is 6. The lowest BCUT2D eigenvalue weighted by atomic mass is 10.2. The van der Waals surface area contributed by atoms with Gasteiger partial charge in [-0.3, -0.25) is 4.98 Å². The first-order valence-electron chi connectivity index (χ1n) is 6.38. The number of carboxylic acids is 1. The summed E-state index contributed by atoms with van der Waals surface area (Å²) < 4.78 is 5.02. The van der Waals surface area contributed by atoms with E-state index < -0.39 is 5.97 Å². The van der Waals surface area contributed by atoms with Crippen LogP contribution in [0.5, 0.6) is 0 Å². The number of aromatic carboxylic acids is 1. The van der Waals surface area contributed by atoms with Gasteiger partial charge in [0, 0.05) is 18.9 Å². The Morgan fingerprint density at radius 2 is 1.90 bits per heavy atom. The molecular formula is C14H15N3O4. The van der Waals surface area contributed by atoms with Crippen LogP contribution in [-0.2, 0) is 13.0 Å². The number of aromatic nitrogens is 1. The Morgan fingerprint density at radius 1 is 1.14 bits per heavy atom. The predicted octanol–water partition coefficient (Wildman–Crippen LogP) is 1.41. The Labute approximate surface area is 121 Å². The molecule has 2 aromatic heterocycles. The van der Waals surface area contributed by atoms with Gasteiger partial charge in [0.25, 0.3) is 0 Å². The van der Waals surface area contributed by atoms with Crippen molar-refractivity contribution < 1.29 is 19.1 Å². The summed E-state index contributed by atoms with van der Waals surface area (Å²) in [5.74, 6) is -0.898. The van der Waals surface area contributed by atoms with Gasteiger partial charge in [-0.1, -0.05) is 0 Å². The van der Waals surface area contributed by atoms with E-state index in [0.717, 1.165) is 5.56 Å². The van der Waals surface area contributed by atoms with Crippen LogP contribution in [0.1, 0.15) is 21.9 Å². The van der Waals surface area contributed by atoms with Crippen LogP contribution >= 0.6 is 0 Å². The maximum atomic E-state index is 11.6. The molecule has 0 unspecified atom stereocenters. The van der Waals surface area contributed by atoms with E-state index in [1.54, 1.807) is 12.4 Å². The quantitative estimate of drug-likeness (QED) is 0.746. The molecule has 7 nitrogen and oxygen atoms in total. The lowest BCUT2D eigenvalue weighted by molar-refractivity contribution is 0.0660. The number of nitrogens with zero attached hydrogens (tertiary/aromatic N) is 1. The molecule has 0 spiro atoms. The molecule has 0 fully saturated rings. The highest BCUT2D eigenvalue weighted by molar-refractivity contribution is 5.84. The van der Waals surface area contributed by atoms with Crippen LogP contribution in [0.15, 0.2) is 41.1 Å². The predicted molar refractivity (Wildman–Crippen MR) is 73.8 cm³/mol. The molecule has 3 N–H and O–H groups in total. The highest BCUT2D eigenvalue weighted by atomic mass is 16.4. The molecule has 7 heteroatoms. The Balaban J connectivity index is 1.68. The highest BCUT2D eigenvalue weighted by Crippen LogP contribution is 2.07. The zero-order chi connectivity index (χ0) is 15.1. The third-order valence-electron chi connectivity index (χ3n) is 2.74. The number of pyridine rings is 1. The van der Waals surface area contributed by atoms with Gasteiger partial charge in [-0.15, -0.1) is 0 Å². The van der Waals surface area contributed by atoms with Gasteiger partial charge in [0.15, 0.2) is 0 Å². The number of hydrogen-bond donors (Lipinski definition) is 3. The standard InChI is InChI=1S/C14H15N3O4/c18-13(19)12-2-1-11(21-12)9-17-14(20)16-8-5-10-3-6-15-7-4-10/h1-4,6-7H,5,8-9H2,(H,18,19)(H2,16,17,20). The van der Waals surface area contributed by atoms with Crippen LogP contribution in [0.2, 0.25) is 0 Å². The first-order valence-corrected chi connectivity index (χ1v) is 6.38. The van der Waals surface area contributed by atoms with E-state index in [0.29, 0.717) is 18.7 Å². The molecule has 0 aliphatic heterocycles. The SMILES string of the molecule is O=C(NCCc1ccncc1)NCc1ccc(C(=O)O)o1. The molecule has 2 amide bonds. The van der Waals surface area contributed by atoms with Crippen molar-refractivity contribution in [2.24, 2.45) is 0 Å². The van der Waals surface area contributed by atoms with Gasteiger partial charge in [-0.2, -0.15) is 0 Å². The molecule has 0 saturated heterocycles. The first kappa shape index (κ1) is 14.6. The molecule has 0 atom stereocenters. The molecule has 0 aliphatic carbocycles. The minimum atomic E-state index is -1.14. The summed E-state index contributed by atoms with van der Waals surface area (Å²) in [7, 11) is 0. The van der Waals surface area contributed by atoms with Gasteiger partial charge in [0.2, 0.25) is 5.76 Å². The second kappa shape index (κ2) is 7.09. The summed E-state index contributed by atoms with van der Waals surface area (Å²) in [5, 5.41) is 14.0. The smallest absolute Gasteiger partial charge is 0.371 e. The van der Waals surface area contributed by atoms with Crippen LogP contribution < -0.4 is 10.6 Å². The highest BCUT2D eigenvalue weighted by Gasteiger charge is 2.09. The molecule has 2 heterocycles. The van der Waals surface area contributed by atoms with E-state index in [4.69, 9.17) is 9.52 Å². The largest absolute Gasteiger partial charge is 0.475 e. The molecule has 0 radical (unpaired) electrons. The molecule has 0 bridgehead atoms. The van der Waals surface area contributed by atoms with Crippen LogP contribution in [0.4, 0.5) is 4.79 Å². The normalized spacial score (nSPS) is 10.1. The van der Waals surface area contributed by atoms with Gasteiger partial charge in [-0.05, 0) is 36.2 Å². The molecule has 0 aliphatic rings. The van der Waals surface area contributed by atoms with Crippen molar-refractivity contribution in [2.45, 2.75) is 13.0 Å². The van der Waals surface area contributed by atoms with Crippen molar-refractivity contribution in [3.63, 3.8) is 0 Å². The van der Waals surface area contributed by atoms with Gasteiger partial charge in [-0.25, -0.2) is 9.59 Å². The Bertz CT molecular complexity index is 610. The number of urea groups is 1. The lowest BCUT2D eigenvalue weighted by Gasteiger charge is -2.06. The maximum Gasteiger partial charge on any atom is 0.371 e. The second-order valence-electron chi connectivity index (χ2n) is 4.29. The fourth-order valence-electron chi connectivity index (χ4n) is 1.69. The molecule has 2 rings (SSSR count). The van der Waals surface area contributed by atoms with Crippen molar-refractivity contribution in [1.29, 1.82) is 0 Å². The third kappa shape index (κ3) is 4.64. The van der Waals surface area contributed by atoms with Crippen LogP contribution in [0.25, 0.3) is 0 Å². The van der Waals surface area contributed by atoms with Crippen LogP contribution in [0, 0.1) is 0 Å². The molecule has 0 aromatic carbocycles. The van der Waals surface area contributed by atoms with Gasteiger partial charge in [0.05, 0.1) is 6.54 Å².